The minimum Gasteiger partial charge on any atom is -0.309 e. The molecule has 1 aliphatic rings. The lowest BCUT2D eigenvalue weighted by molar-refractivity contribution is 0.304. The van der Waals surface area contributed by atoms with E-state index in [1.165, 1.54) is 28.9 Å². The Hall–Kier alpha value is -1.29. The van der Waals surface area contributed by atoms with Crippen LogP contribution < -0.4 is 10.6 Å². The smallest absolute Gasteiger partial charge is 0.0476 e. The van der Waals surface area contributed by atoms with Gasteiger partial charge in [0.1, 0.15) is 0 Å². The lowest BCUT2D eigenvalue weighted by atomic mass is 9.92. The second kappa shape index (κ2) is 8.53. The van der Waals surface area contributed by atoms with Crippen LogP contribution in [-0.4, -0.2) is 18.3 Å². The van der Waals surface area contributed by atoms with Gasteiger partial charge in [-0.3, -0.25) is 0 Å². The number of hydrogen-bond acceptors (Lipinski definition) is 3. The minimum atomic E-state index is 0.413. The van der Waals surface area contributed by atoms with Gasteiger partial charge in [-0.15, -0.1) is 11.8 Å². The number of hydrogen-bond donors (Lipinski definition) is 2. The van der Waals surface area contributed by atoms with Gasteiger partial charge in [0.15, 0.2) is 0 Å². The molecule has 0 aliphatic carbocycles. The van der Waals surface area contributed by atoms with Crippen molar-refractivity contribution in [2.24, 2.45) is 0 Å². The molecule has 1 aliphatic heterocycles. The van der Waals surface area contributed by atoms with Crippen molar-refractivity contribution in [3.05, 3.63) is 65.7 Å². The van der Waals surface area contributed by atoms with Gasteiger partial charge in [-0.2, -0.15) is 0 Å². The highest BCUT2D eigenvalue weighted by Gasteiger charge is 2.25. The average Bonchev–Trinajstić information content (AvgIpc) is 2.62. The zero-order valence-corrected chi connectivity index (χ0v) is 14.6. The highest BCUT2D eigenvalue weighted by atomic mass is 32.2. The van der Waals surface area contributed by atoms with Crippen molar-refractivity contribution in [1.29, 1.82) is 0 Å². The molecule has 1 fully saturated rings. The molecule has 0 amide bonds. The van der Waals surface area contributed by atoms with Crippen LogP contribution in [0.15, 0.2) is 59.5 Å². The van der Waals surface area contributed by atoms with Gasteiger partial charge < -0.3 is 10.6 Å². The fourth-order valence-corrected chi connectivity index (χ4v) is 4.12. The zero-order chi connectivity index (χ0) is 15.9. The van der Waals surface area contributed by atoms with E-state index in [0.29, 0.717) is 12.1 Å². The van der Waals surface area contributed by atoms with E-state index < -0.39 is 0 Å². The maximum Gasteiger partial charge on any atom is 0.0476 e. The van der Waals surface area contributed by atoms with Gasteiger partial charge in [0.05, 0.1) is 0 Å². The van der Waals surface area contributed by atoms with E-state index in [-0.39, 0.29) is 0 Å². The minimum absolute atomic E-state index is 0.413. The molecule has 3 heteroatoms. The van der Waals surface area contributed by atoms with Crippen molar-refractivity contribution in [3.8, 4) is 0 Å². The Labute approximate surface area is 144 Å². The van der Waals surface area contributed by atoms with Crippen LogP contribution in [0.4, 0.5) is 0 Å². The first kappa shape index (κ1) is 16.6. The largest absolute Gasteiger partial charge is 0.309 e. The second-order valence-corrected chi connectivity index (χ2v) is 7.32. The molecule has 0 radical (unpaired) electrons. The van der Waals surface area contributed by atoms with Crippen molar-refractivity contribution >= 4 is 11.8 Å². The molecule has 1 heterocycles. The van der Waals surface area contributed by atoms with Crippen LogP contribution in [0.5, 0.6) is 0 Å². The van der Waals surface area contributed by atoms with Crippen molar-refractivity contribution < 1.29 is 0 Å². The Morgan fingerprint density at radius 2 is 1.87 bits per heavy atom. The van der Waals surface area contributed by atoms with Crippen LogP contribution in [0.1, 0.15) is 36.9 Å². The van der Waals surface area contributed by atoms with E-state index >= 15 is 0 Å². The Bertz CT molecular complexity index is 600. The molecule has 23 heavy (non-hydrogen) atoms. The summed E-state index contributed by atoms with van der Waals surface area (Å²) in [7, 11) is 0. The summed E-state index contributed by atoms with van der Waals surface area (Å²) < 4.78 is 0. The highest BCUT2D eigenvalue weighted by Crippen LogP contribution is 2.26. The molecule has 0 saturated carbocycles. The number of benzene rings is 2. The van der Waals surface area contributed by atoms with Crippen molar-refractivity contribution in [3.63, 3.8) is 0 Å². The van der Waals surface area contributed by atoms with Crippen LogP contribution in [-0.2, 0) is 6.54 Å². The molecule has 2 N–H and O–H groups in total. The summed E-state index contributed by atoms with van der Waals surface area (Å²) in [6.45, 7) is 4.27. The maximum absolute atomic E-state index is 3.81. The third-order valence-corrected chi connectivity index (χ3v) is 5.44. The summed E-state index contributed by atoms with van der Waals surface area (Å²) in [6, 6.07) is 20.5. The average molecular weight is 327 g/mol. The highest BCUT2D eigenvalue weighted by molar-refractivity contribution is 7.99. The molecule has 3 rings (SSSR count). The van der Waals surface area contributed by atoms with Gasteiger partial charge in [0.2, 0.25) is 0 Å². The monoisotopic (exact) mass is 326 g/mol. The Morgan fingerprint density at radius 3 is 2.70 bits per heavy atom. The van der Waals surface area contributed by atoms with Crippen molar-refractivity contribution in [2.45, 2.75) is 43.3 Å². The SMILES string of the molecule is CCSc1ccccc1CN[C@H]1CCCN[C@H]1c1ccccc1. The summed E-state index contributed by atoms with van der Waals surface area (Å²) in [5, 5.41) is 7.50. The molecular formula is C20H26N2S. The number of piperidine rings is 1. The maximum atomic E-state index is 3.81. The van der Waals surface area contributed by atoms with Gasteiger partial charge in [-0.25, -0.2) is 0 Å². The summed E-state index contributed by atoms with van der Waals surface area (Å²) >= 11 is 1.93. The summed E-state index contributed by atoms with van der Waals surface area (Å²) in [4.78, 5) is 1.41. The zero-order valence-electron chi connectivity index (χ0n) is 13.8. The molecule has 122 valence electrons. The molecular weight excluding hydrogens is 300 g/mol. The summed E-state index contributed by atoms with van der Waals surface area (Å²) in [5.41, 5.74) is 2.80. The number of thioether (sulfide) groups is 1. The van der Waals surface area contributed by atoms with Gasteiger partial charge in [0.25, 0.3) is 0 Å². The molecule has 2 nitrogen and oxygen atoms in total. The van der Waals surface area contributed by atoms with E-state index in [9.17, 15) is 0 Å². The molecule has 0 aromatic heterocycles. The van der Waals surface area contributed by atoms with E-state index in [1.807, 2.05) is 11.8 Å². The van der Waals surface area contributed by atoms with Crippen molar-refractivity contribution in [2.75, 3.05) is 12.3 Å². The molecule has 0 spiro atoms. The lowest BCUT2D eigenvalue weighted by Gasteiger charge is -2.34. The molecule has 0 unspecified atom stereocenters. The molecule has 0 bridgehead atoms. The topological polar surface area (TPSA) is 24.1 Å². The van der Waals surface area contributed by atoms with Crippen LogP contribution in [0.2, 0.25) is 0 Å². The number of nitrogens with one attached hydrogen (secondary N) is 2. The van der Waals surface area contributed by atoms with Crippen LogP contribution in [0.3, 0.4) is 0 Å². The van der Waals surface area contributed by atoms with E-state index in [1.54, 1.807) is 0 Å². The Morgan fingerprint density at radius 1 is 1.09 bits per heavy atom. The van der Waals surface area contributed by atoms with E-state index in [0.717, 1.165) is 18.8 Å². The standard InChI is InChI=1S/C20H26N2S/c1-2-23-19-13-7-6-11-17(19)15-22-18-12-8-14-21-20(18)16-9-4-3-5-10-16/h3-7,9-11,13,18,20-22H,2,8,12,14-15H2,1H3/t18-,20-/m0/s1. The fraction of sp³-hybridized carbons (Fsp3) is 0.400. The number of rotatable bonds is 6. The first-order valence-corrected chi connectivity index (χ1v) is 9.59. The van der Waals surface area contributed by atoms with Gasteiger partial charge in [-0.1, -0.05) is 55.5 Å². The van der Waals surface area contributed by atoms with Crippen molar-refractivity contribution in [1.82, 2.24) is 10.6 Å². The first-order chi connectivity index (χ1) is 11.4. The Kier molecular flexibility index (Phi) is 6.14. The first-order valence-electron chi connectivity index (χ1n) is 8.61. The van der Waals surface area contributed by atoms with E-state index in [2.05, 4.69) is 72.2 Å². The van der Waals surface area contributed by atoms with Gasteiger partial charge in [-0.05, 0) is 42.3 Å². The quantitative estimate of drug-likeness (QED) is 0.770. The normalized spacial score (nSPS) is 21.3. The second-order valence-electron chi connectivity index (χ2n) is 6.01. The predicted octanol–water partition coefficient (Wildman–Crippen LogP) is 4.38. The van der Waals surface area contributed by atoms with Crippen LogP contribution in [0.25, 0.3) is 0 Å². The molecule has 2 atom stereocenters. The summed E-state index contributed by atoms with van der Waals surface area (Å²) in [5.74, 6) is 1.12. The Balaban J connectivity index is 1.68. The molecule has 2 aromatic rings. The van der Waals surface area contributed by atoms with Gasteiger partial charge >= 0.3 is 0 Å². The summed E-state index contributed by atoms with van der Waals surface area (Å²) in [6.07, 6.45) is 2.47. The van der Waals surface area contributed by atoms with Gasteiger partial charge in [0, 0.05) is 23.5 Å². The fourth-order valence-electron chi connectivity index (χ4n) is 3.31. The van der Waals surface area contributed by atoms with Crippen LogP contribution >= 0.6 is 11.8 Å². The third kappa shape index (κ3) is 4.37. The molecule has 2 aromatic carbocycles. The van der Waals surface area contributed by atoms with E-state index in [4.69, 9.17) is 0 Å². The predicted molar refractivity (Wildman–Crippen MR) is 99.9 cm³/mol. The lowest BCUT2D eigenvalue weighted by Crippen LogP contribution is -2.45. The third-order valence-electron chi connectivity index (χ3n) is 4.44. The molecule has 1 saturated heterocycles. The van der Waals surface area contributed by atoms with Crippen LogP contribution in [0, 0.1) is 0 Å².